The lowest BCUT2D eigenvalue weighted by Gasteiger charge is -2.30. The van der Waals surface area contributed by atoms with Crippen molar-refractivity contribution in [1.29, 1.82) is 0 Å². The number of amides is 2. The lowest BCUT2D eigenvalue weighted by atomic mass is 9.81. The molecule has 3 heterocycles. The van der Waals surface area contributed by atoms with E-state index < -0.39 is 5.82 Å². The number of fused-ring (bicyclic) bond motifs is 1. The van der Waals surface area contributed by atoms with Crippen molar-refractivity contribution in [3.05, 3.63) is 59.3 Å². The molecule has 1 N–H and O–H groups in total. The van der Waals surface area contributed by atoms with Gasteiger partial charge in [0.1, 0.15) is 5.82 Å². The summed E-state index contributed by atoms with van der Waals surface area (Å²) < 4.78 is 16.4. The molecule has 41 heavy (non-hydrogen) atoms. The standard InChI is InChI=1S/C33H44FN5O2/c1-21(2)37(5)33(41)28-15-27(34)10-11-29(28)39-20-26(31-22(3)16-36-17-30(31)39)14-24-12-13-38(19-24)18-23-6-8-25(9-7-23)32(40)35-4/h10-11,15-17,20-21,23-25H,6-9,12-14,18-19H2,1-5H3,(H,35,40)/t23?,24-,25?/m0/s1. The highest BCUT2D eigenvalue weighted by atomic mass is 19.1. The summed E-state index contributed by atoms with van der Waals surface area (Å²) in [5.41, 5.74) is 4.32. The van der Waals surface area contributed by atoms with Crippen molar-refractivity contribution in [3.63, 3.8) is 0 Å². The summed E-state index contributed by atoms with van der Waals surface area (Å²) in [6, 6.07) is 4.48. The number of pyridine rings is 1. The van der Waals surface area contributed by atoms with Crippen molar-refractivity contribution in [2.45, 2.75) is 65.3 Å². The smallest absolute Gasteiger partial charge is 0.256 e. The van der Waals surface area contributed by atoms with Gasteiger partial charge in [0.05, 0.1) is 23.0 Å². The first-order valence-electron chi connectivity index (χ1n) is 15.1. The predicted octanol–water partition coefficient (Wildman–Crippen LogP) is 5.37. The van der Waals surface area contributed by atoms with E-state index in [0.717, 1.165) is 69.2 Å². The second-order valence-electron chi connectivity index (χ2n) is 12.5. The maximum Gasteiger partial charge on any atom is 0.256 e. The minimum atomic E-state index is -0.423. The lowest BCUT2D eigenvalue weighted by Crippen LogP contribution is -2.34. The number of aryl methyl sites for hydroxylation is 1. The van der Waals surface area contributed by atoms with Crippen LogP contribution in [0.25, 0.3) is 16.6 Å². The molecule has 2 fully saturated rings. The first kappa shape index (κ1) is 29.2. The molecular formula is C33H44FN5O2. The molecule has 1 saturated carbocycles. The minimum absolute atomic E-state index is 0.00399. The summed E-state index contributed by atoms with van der Waals surface area (Å²) in [6.45, 7) is 9.29. The molecule has 0 spiro atoms. The molecule has 2 aromatic heterocycles. The minimum Gasteiger partial charge on any atom is -0.359 e. The summed E-state index contributed by atoms with van der Waals surface area (Å²) in [6.07, 6.45) is 12.2. The molecule has 220 valence electrons. The van der Waals surface area contributed by atoms with Crippen molar-refractivity contribution in [1.82, 2.24) is 24.7 Å². The van der Waals surface area contributed by atoms with Crippen molar-refractivity contribution >= 4 is 22.7 Å². The van der Waals surface area contributed by atoms with Gasteiger partial charge in [-0.2, -0.15) is 0 Å². The summed E-state index contributed by atoms with van der Waals surface area (Å²) in [5.74, 6) is 0.968. The van der Waals surface area contributed by atoms with Crippen LogP contribution in [0.2, 0.25) is 0 Å². The molecule has 3 aromatic rings. The van der Waals surface area contributed by atoms with Crippen LogP contribution in [-0.4, -0.2) is 70.9 Å². The number of benzene rings is 1. The van der Waals surface area contributed by atoms with Gasteiger partial charge < -0.3 is 19.7 Å². The summed E-state index contributed by atoms with van der Waals surface area (Å²) in [7, 11) is 3.49. The zero-order chi connectivity index (χ0) is 29.3. The maximum absolute atomic E-state index is 14.4. The Hall–Kier alpha value is -3.26. The number of carbonyl (C=O) groups is 2. The highest BCUT2D eigenvalue weighted by Gasteiger charge is 2.30. The number of rotatable bonds is 8. The fourth-order valence-corrected chi connectivity index (χ4v) is 6.84. The first-order valence-corrected chi connectivity index (χ1v) is 15.1. The van der Waals surface area contributed by atoms with E-state index in [-0.39, 0.29) is 23.8 Å². The Bertz CT molecular complexity index is 1410. The van der Waals surface area contributed by atoms with Gasteiger partial charge in [-0.3, -0.25) is 14.6 Å². The number of halogens is 1. The zero-order valence-electron chi connectivity index (χ0n) is 25.1. The predicted molar refractivity (Wildman–Crippen MR) is 161 cm³/mol. The van der Waals surface area contributed by atoms with Gasteiger partial charge in [0.2, 0.25) is 5.91 Å². The molecule has 2 amide bonds. The fraction of sp³-hybridized carbons (Fsp3) is 0.545. The number of nitrogens with zero attached hydrogens (tertiary/aromatic N) is 4. The van der Waals surface area contributed by atoms with Gasteiger partial charge in [-0.25, -0.2) is 4.39 Å². The summed E-state index contributed by atoms with van der Waals surface area (Å²) in [5, 5.41) is 3.98. The van der Waals surface area contributed by atoms with Crippen LogP contribution in [-0.2, 0) is 11.2 Å². The molecule has 8 heteroatoms. The highest BCUT2D eigenvalue weighted by molar-refractivity contribution is 5.99. The largest absolute Gasteiger partial charge is 0.359 e. The third kappa shape index (κ3) is 6.17. The van der Waals surface area contributed by atoms with Crippen LogP contribution in [0.1, 0.15) is 67.4 Å². The molecule has 0 unspecified atom stereocenters. The van der Waals surface area contributed by atoms with Crippen LogP contribution in [0.15, 0.2) is 36.8 Å². The summed E-state index contributed by atoms with van der Waals surface area (Å²) >= 11 is 0. The van der Waals surface area contributed by atoms with Crippen LogP contribution < -0.4 is 5.32 Å². The first-order chi connectivity index (χ1) is 19.7. The summed E-state index contributed by atoms with van der Waals surface area (Å²) in [4.78, 5) is 34.1. The number of likely N-dealkylation sites (tertiary alicyclic amines) is 1. The third-order valence-electron chi connectivity index (χ3n) is 9.38. The average Bonchev–Trinajstić information content (AvgIpc) is 3.57. The molecule has 2 aliphatic rings. The van der Waals surface area contributed by atoms with Crippen LogP contribution in [0, 0.1) is 30.5 Å². The Balaban J connectivity index is 1.35. The second kappa shape index (κ2) is 12.3. The van der Waals surface area contributed by atoms with E-state index in [1.807, 2.05) is 30.8 Å². The van der Waals surface area contributed by atoms with Crippen molar-refractivity contribution in [2.24, 2.45) is 17.8 Å². The Labute approximate surface area is 243 Å². The van der Waals surface area contributed by atoms with Crippen LogP contribution in [0.5, 0.6) is 0 Å². The maximum atomic E-state index is 14.4. The molecule has 0 bridgehead atoms. The average molecular weight is 562 g/mol. The number of hydrogen-bond donors (Lipinski definition) is 1. The van der Waals surface area contributed by atoms with E-state index in [1.54, 1.807) is 25.1 Å². The molecule has 1 aromatic carbocycles. The van der Waals surface area contributed by atoms with E-state index in [4.69, 9.17) is 0 Å². The van der Waals surface area contributed by atoms with E-state index in [9.17, 15) is 14.0 Å². The quantitative estimate of drug-likeness (QED) is 0.402. The van der Waals surface area contributed by atoms with Crippen LogP contribution in [0.3, 0.4) is 0 Å². The number of hydrogen-bond acceptors (Lipinski definition) is 4. The number of carbonyl (C=O) groups excluding carboxylic acids is 2. The van der Waals surface area contributed by atoms with E-state index >= 15 is 0 Å². The van der Waals surface area contributed by atoms with E-state index in [1.165, 1.54) is 23.1 Å². The third-order valence-corrected chi connectivity index (χ3v) is 9.38. The van der Waals surface area contributed by atoms with Gasteiger partial charge >= 0.3 is 0 Å². The van der Waals surface area contributed by atoms with Crippen molar-refractivity contribution in [2.75, 3.05) is 33.7 Å². The molecule has 1 atom stereocenters. The molecule has 1 saturated heterocycles. The Morgan fingerprint density at radius 2 is 1.88 bits per heavy atom. The Kier molecular flexibility index (Phi) is 8.78. The van der Waals surface area contributed by atoms with Crippen molar-refractivity contribution < 1.29 is 14.0 Å². The van der Waals surface area contributed by atoms with Gasteiger partial charge in [0, 0.05) is 56.9 Å². The zero-order valence-corrected chi connectivity index (χ0v) is 25.1. The van der Waals surface area contributed by atoms with E-state index in [2.05, 4.69) is 28.3 Å². The fourth-order valence-electron chi connectivity index (χ4n) is 6.84. The molecule has 0 radical (unpaired) electrons. The van der Waals surface area contributed by atoms with Crippen LogP contribution >= 0.6 is 0 Å². The second-order valence-corrected chi connectivity index (χ2v) is 12.5. The molecular weight excluding hydrogens is 517 g/mol. The van der Waals surface area contributed by atoms with Crippen LogP contribution in [0.4, 0.5) is 4.39 Å². The monoisotopic (exact) mass is 561 g/mol. The topological polar surface area (TPSA) is 70.5 Å². The highest BCUT2D eigenvalue weighted by Crippen LogP contribution is 2.34. The SMILES string of the molecule is CNC(=O)C1CCC(CN2CC[C@@H](Cc3cn(-c4ccc(F)cc4C(=O)N(C)C(C)C)c4cncc(C)c34)C2)CC1. The Morgan fingerprint density at radius 1 is 1.12 bits per heavy atom. The van der Waals surface area contributed by atoms with Crippen molar-refractivity contribution in [3.8, 4) is 5.69 Å². The van der Waals surface area contributed by atoms with E-state index in [0.29, 0.717) is 23.1 Å². The lowest BCUT2D eigenvalue weighted by molar-refractivity contribution is -0.125. The Morgan fingerprint density at radius 3 is 2.59 bits per heavy atom. The molecule has 5 rings (SSSR count). The molecule has 1 aliphatic carbocycles. The number of aromatic nitrogens is 2. The number of nitrogens with one attached hydrogen (secondary N) is 1. The van der Waals surface area contributed by atoms with Gasteiger partial charge in [0.25, 0.3) is 5.91 Å². The van der Waals surface area contributed by atoms with Gasteiger partial charge in [0.15, 0.2) is 0 Å². The normalized spacial score (nSPS) is 21.5. The molecule has 1 aliphatic heterocycles. The molecule has 7 nitrogen and oxygen atoms in total. The van der Waals surface area contributed by atoms with Gasteiger partial charge in [-0.1, -0.05) is 0 Å². The van der Waals surface area contributed by atoms with Gasteiger partial charge in [-0.15, -0.1) is 0 Å². The van der Waals surface area contributed by atoms with Gasteiger partial charge in [-0.05, 0) is 107 Å².